The molecule has 0 radical (unpaired) electrons. The van der Waals surface area contributed by atoms with Gasteiger partial charge in [-0.1, -0.05) is 0 Å². The summed E-state index contributed by atoms with van der Waals surface area (Å²) in [6.07, 6.45) is 2.44. The van der Waals surface area contributed by atoms with E-state index in [0.717, 1.165) is 19.5 Å². The highest BCUT2D eigenvalue weighted by molar-refractivity contribution is 7.85. The minimum atomic E-state index is -1.10. The lowest BCUT2D eigenvalue weighted by Crippen LogP contribution is -2.19. The number of nitrogens with one attached hydrogen (secondary N) is 1. The molecule has 4 nitrogen and oxygen atoms in total. The molecule has 0 amide bonds. The Balaban J connectivity index is 2.21. The number of nitrogens with zero attached hydrogens (tertiary/aromatic N) is 2. The molecule has 1 unspecified atom stereocenters. The molecule has 0 aromatic carbocycles. The molecule has 0 aliphatic carbocycles. The Kier molecular flexibility index (Phi) is 3.09. The number of aromatic nitrogens is 1. The van der Waals surface area contributed by atoms with Crippen molar-refractivity contribution in [1.82, 2.24) is 10.3 Å². The third-order valence-electron chi connectivity index (χ3n) is 2.39. The number of hydrogen-bond acceptors (Lipinski definition) is 4. The van der Waals surface area contributed by atoms with Crippen molar-refractivity contribution in [1.29, 1.82) is 5.26 Å². The fraction of sp³-hybridized carbons (Fsp3) is 0.400. The van der Waals surface area contributed by atoms with E-state index in [1.165, 1.54) is 6.20 Å². The zero-order valence-corrected chi connectivity index (χ0v) is 8.96. The predicted octanol–water partition coefficient (Wildman–Crippen LogP) is 0.423. The molecule has 2 atom stereocenters. The van der Waals surface area contributed by atoms with E-state index in [0.29, 0.717) is 10.6 Å². The average molecular weight is 221 g/mol. The van der Waals surface area contributed by atoms with Gasteiger partial charge in [-0.05, 0) is 25.1 Å². The van der Waals surface area contributed by atoms with Crippen molar-refractivity contribution in [2.24, 2.45) is 0 Å². The molecule has 1 fully saturated rings. The molecule has 0 spiro atoms. The van der Waals surface area contributed by atoms with E-state index in [2.05, 4.69) is 10.3 Å². The van der Waals surface area contributed by atoms with Crippen molar-refractivity contribution >= 4 is 10.8 Å². The Hall–Kier alpha value is -1.25. The van der Waals surface area contributed by atoms with Gasteiger partial charge in [0.05, 0.1) is 27.7 Å². The highest BCUT2D eigenvalue weighted by Gasteiger charge is 2.23. The smallest absolute Gasteiger partial charge is 0.128 e. The SMILES string of the molecule is N#Cc1ccnc(S(=O)[C@H]2CCNC2)c1. The quantitative estimate of drug-likeness (QED) is 0.786. The van der Waals surface area contributed by atoms with Crippen LogP contribution in [0.4, 0.5) is 0 Å². The number of pyridine rings is 1. The fourth-order valence-corrected chi connectivity index (χ4v) is 2.92. The second-order valence-electron chi connectivity index (χ2n) is 3.41. The van der Waals surface area contributed by atoms with Crippen LogP contribution in [0.2, 0.25) is 0 Å². The normalized spacial score (nSPS) is 22.2. The molecule has 0 saturated carbocycles. The number of hydrogen-bond donors (Lipinski definition) is 1. The maximum Gasteiger partial charge on any atom is 0.128 e. The standard InChI is InChI=1S/C10H11N3OS/c11-6-8-1-4-13-10(5-8)15(14)9-2-3-12-7-9/h1,4-5,9,12H,2-3,7H2/t9-,15?/m0/s1. The molecular weight excluding hydrogens is 210 g/mol. The van der Waals surface area contributed by atoms with Gasteiger partial charge in [-0.3, -0.25) is 4.21 Å². The van der Waals surface area contributed by atoms with Crippen molar-refractivity contribution in [2.45, 2.75) is 16.7 Å². The first kappa shape index (κ1) is 10.3. The van der Waals surface area contributed by atoms with Crippen molar-refractivity contribution in [3.63, 3.8) is 0 Å². The van der Waals surface area contributed by atoms with Crippen LogP contribution in [0.3, 0.4) is 0 Å². The van der Waals surface area contributed by atoms with E-state index in [4.69, 9.17) is 5.26 Å². The summed E-state index contributed by atoms with van der Waals surface area (Å²) in [6.45, 7) is 1.68. The lowest BCUT2D eigenvalue weighted by atomic mass is 10.3. The third kappa shape index (κ3) is 2.22. The van der Waals surface area contributed by atoms with Gasteiger partial charge < -0.3 is 5.32 Å². The molecule has 1 N–H and O–H groups in total. The molecule has 2 rings (SSSR count). The lowest BCUT2D eigenvalue weighted by molar-refractivity contribution is 0.669. The highest BCUT2D eigenvalue weighted by atomic mass is 32.2. The highest BCUT2D eigenvalue weighted by Crippen LogP contribution is 2.14. The maximum absolute atomic E-state index is 12.0. The van der Waals surface area contributed by atoms with Crippen LogP contribution in [0.15, 0.2) is 23.4 Å². The topological polar surface area (TPSA) is 65.8 Å². The maximum atomic E-state index is 12.0. The predicted molar refractivity (Wildman–Crippen MR) is 56.6 cm³/mol. The van der Waals surface area contributed by atoms with Gasteiger partial charge in [0.15, 0.2) is 0 Å². The monoisotopic (exact) mass is 221 g/mol. The van der Waals surface area contributed by atoms with Crippen molar-refractivity contribution < 1.29 is 4.21 Å². The van der Waals surface area contributed by atoms with E-state index in [9.17, 15) is 4.21 Å². The summed E-state index contributed by atoms with van der Waals surface area (Å²) in [7, 11) is -1.10. The van der Waals surface area contributed by atoms with Crippen LogP contribution in [-0.4, -0.2) is 27.5 Å². The van der Waals surface area contributed by atoms with Crippen LogP contribution in [0.25, 0.3) is 0 Å². The van der Waals surface area contributed by atoms with Crippen LogP contribution in [0.1, 0.15) is 12.0 Å². The minimum Gasteiger partial charge on any atom is -0.315 e. The molecule has 2 heterocycles. The van der Waals surface area contributed by atoms with Gasteiger partial charge in [0.25, 0.3) is 0 Å². The molecule has 1 aliphatic rings. The Morgan fingerprint density at radius 3 is 3.20 bits per heavy atom. The summed E-state index contributed by atoms with van der Waals surface area (Å²) in [5.74, 6) is 0. The van der Waals surface area contributed by atoms with Crippen molar-refractivity contribution in [3.05, 3.63) is 23.9 Å². The molecule has 78 valence electrons. The molecule has 0 bridgehead atoms. The second-order valence-corrected chi connectivity index (χ2v) is 5.09. The minimum absolute atomic E-state index is 0.131. The largest absolute Gasteiger partial charge is 0.315 e. The first-order valence-corrected chi connectivity index (χ1v) is 6.00. The van der Waals surface area contributed by atoms with Gasteiger partial charge in [0, 0.05) is 12.7 Å². The molecule has 1 saturated heterocycles. The summed E-state index contributed by atoms with van der Waals surface area (Å²) in [5.41, 5.74) is 0.513. The lowest BCUT2D eigenvalue weighted by Gasteiger charge is -2.07. The summed E-state index contributed by atoms with van der Waals surface area (Å²) in [4.78, 5) is 4.05. The molecular formula is C10H11N3OS. The zero-order chi connectivity index (χ0) is 10.7. The summed E-state index contributed by atoms with van der Waals surface area (Å²) in [5, 5.41) is 12.5. The molecule has 15 heavy (non-hydrogen) atoms. The number of rotatable bonds is 2. The van der Waals surface area contributed by atoms with Crippen LogP contribution in [-0.2, 0) is 10.8 Å². The Morgan fingerprint density at radius 2 is 2.53 bits per heavy atom. The van der Waals surface area contributed by atoms with Crippen LogP contribution < -0.4 is 5.32 Å². The first-order chi connectivity index (χ1) is 7.31. The molecule has 5 heteroatoms. The van der Waals surface area contributed by atoms with Crippen molar-refractivity contribution in [2.75, 3.05) is 13.1 Å². The summed E-state index contributed by atoms with van der Waals surface area (Å²) in [6, 6.07) is 5.25. The fourth-order valence-electron chi connectivity index (χ4n) is 1.57. The second kappa shape index (κ2) is 4.51. The molecule has 1 aliphatic heterocycles. The summed E-state index contributed by atoms with van der Waals surface area (Å²) < 4.78 is 12.0. The Bertz CT molecular complexity index is 421. The third-order valence-corrected chi connectivity index (χ3v) is 4.03. The van der Waals surface area contributed by atoms with E-state index < -0.39 is 10.8 Å². The van der Waals surface area contributed by atoms with Crippen molar-refractivity contribution in [3.8, 4) is 6.07 Å². The van der Waals surface area contributed by atoms with E-state index in [1.807, 2.05) is 6.07 Å². The van der Waals surface area contributed by atoms with E-state index in [1.54, 1.807) is 12.1 Å². The molecule has 1 aromatic heterocycles. The Morgan fingerprint density at radius 1 is 1.67 bits per heavy atom. The van der Waals surface area contributed by atoms with Gasteiger partial charge in [0.1, 0.15) is 5.03 Å². The van der Waals surface area contributed by atoms with Gasteiger partial charge in [-0.25, -0.2) is 4.98 Å². The van der Waals surface area contributed by atoms with Crippen LogP contribution >= 0.6 is 0 Å². The van der Waals surface area contributed by atoms with E-state index >= 15 is 0 Å². The van der Waals surface area contributed by atoms with Gasteiger partial charge in [0.2, 0.25) is 0 Å². The van der Waals surface area contributed by atoms with Gasteiger partial charge >= 0.3 is 0 Å². The summed E-state index contributed by atoms with van der Waals surface area (Å²) >= 11 is 0. The Labute approximate surface area is 90.8 Å². The number of nitriles is 1. The van der Waals surface area contributed by atoms with Crippen LogP contribution in [0.5, 0.6) is 0 Å². The van der Waals surface area contributed by atoms with Gasteiger partial charge in [-0.15, -0.1) is 0 Å². The van der Waals surface area contributed by atoms with Crippen LogP contribution in [0, 0.1) is 11.3 Å². The van der Waals surface area contributed by atoms with E-state index in [-0.39, 0.29) is 5.25 Å². The zero-order valence-electron chi connectivity index (χ0n) is 8.14. The van der Waals surface area contributed by atoms with Gasteiger partial charge in [-0.2, -0.15) is 5.26 Å². The molecule has 1 aromatic rings. The first-order valence-electron chi connectivity index (χ1n) is 4.78. The average Bonchev–Trinajstić information content (AvgIpc) is 2.81.